The molecule has 0 bridgehead atoms. The minimum atomic E-state index is -0.0769. The highest BCUT2D eigenvalue weighted by Crippen LogP contribution is 2.33. The predicted molar refractivity (Wildman–Crippen MR) is 125 cm³/mol. The Labute approximate surface area is 189 Å². The van der Waals surface area contributed by atoms with Crippen molar-refractivity contribution >= 4 is 17.9 Å². The van der Waals surface area contributed by atoms with E-state index in [9.17, 15) is 4.79 Å². The number of nitrogens with two attached hydrogens (primary N) is 1. The van der Waals surface area contributed by atoms with E-state index in [-0.39, 0.29) is 18.6 Å². The first-order valence-corrected chi connectivity index (χ1v) is 11.9. The van der Waals surface area contributed by atoms with Crippen LogP contribution in [0.3, 0.4) is 0 Å². The lowest BCUT2D eigenvalue weighted by Crippen LogP contribution is -2.35. The van der Waals surface area contributed by atoms with Gasteiger partial charge in [0.1, 0.15) is 5.75 Å². The first-order chi connectivity index (χ1) is 15.2. The Balaban J connectivity index is 1.15. The summed E-state index contributed by atoms with van der Waals surface area (Å²) < 4.78 is 8.08. The molecule has 2 aromatic rings. The Hall–Kier alpha value is -2.06. The Bertz CT molecular complexity index is 878. The number of hydrogen-bond donors (Lipinski definition) is 2. The van der Waals surface area contributed by atoms with E-state index >= 15 is 0 Å². The number of amides is 1. The van der Waals surface area contributed by atoms with Crippen LogP contribution in [0.25, 0.3) is 0 Å². The highest BCUT2D eigenvalue weighted by Gasteiger charge is 2.21. The summed E-state index contributed by atoms with van der Waals surface area (Å²) in [5.41, 5.74) is 8.90. The number of nitrogens with zero attached hydrogens (tertiary/aromatic N) is 2. The molecule has 1 saturated heterocycles. The van der Waals surface area contributed by atoms with Crippen molar-refractivity contribution in [3.05, 3.63) is 59.7 Å². The van der Waals surface area contributed by atoms with Crippen LogP contribution in [0, 0.1) is 0 Å². The zero-order chi connectivity index (χ0) is 21.5. The predicted octanol–water partition coefficient (Wildman–Crippen LogP) is 2.67. The number of benzene rings is 2. The second kappa shape index (κ2) is 11.0. The van der Waals surface area contributed by atoms with Gasteiger partial charge in [0.25, 0.3) is 5.91 Å². The van der Waals surface area contributed by atoms with Crippen molar-refractivity contribution < 1.29 is 9.53 Å². The zero-order valence-electron chi connectivity index (χ0n) is 18.0. The van der Waals surface area contributed by atoms with E-state index in [2.05, 4.69) is 38.8 Å². The van der Waals surface area contributed by atoms with Gasteiger partial charge in [0.15, 0.2) is 6.61 Å². The van der Waals surface area contributed by atoms with E-state index < -0.39 is 0 Å². The molecule has 0 saturated carbocycles. The van der Waals surface area contributed by atoms with Crippen molar-refractivity contribution in [3.63, 3.8) is 0 Å². The molecule has 3 N–H and O–H groups in total. The van der Waals surface area contributed by atoms with Crippen LogP contribution in [0.4, 0.5) is 0 Å². The number of hydrogen-bond acceptors (Lipinski definition) is 6. The minimum absolute atomic E-state index is 0.0359. The van der Waals surface area contributed by atoms with E-state index in [1.165, 1.54) is 11.1 Å². The summed E-state index contributed by atoms with van der Waals surface area (Å²) in [7, 11) is 0. The Kier molecular flexibility index (Phi) is 7.86. The van der Waals surface area contributed by atoms with Gasteiger partial charge in [-0.05, 0) is 54.5 Å². The maximum atomic E-state index is 12.2. The molecule has 2 aliphatic heterocycles. The van der Waals surface area contributed by atoms with Gasteiger partial charge in [-0.2, -0.15) is 0 Å². The van der Waals surface area contributed by atoms with Crippen molar-refractivity contribution in [2.75, 3.05) is 39.3 Å². The highest BCUT2D eigenvalue weighted by atomic mass is 32.2. The molecule has 2 aromatic carbocycles. The molecule has 2 heterocycles. The smallest absolute Gasteiger partial charge is 0.257 e. The van der Waals surface area contributed by atoms with Gasteiger partial charge in [0.05, 0.1) is 4.90 Å². The molecular weight excluding hydrogens is 408 g/mol. The van der Waals surface area contributed by atoms with Crippen molar-refractivity contribution in [2.24, 2.45) is 5.73 Å². The van der Waals surface area contributed by atoms with E-state index in [0.717, 1.165) is 62.6 Å². The molecule has 1 amide bonds. The summed E-state index contributed by atoms with van der Waals surface area (Å²) in [6.07, 6.45) is 3.06. The number of nitrogens with one attached hydrogen (secondary N) is 1. The second-order valence-corrected chi connectivity index (χ2v) is 9.40. The van der Waals surface area contributed by atoms with Gasteiger partial charge in [-0.25, -0.2) is 4.31 Å². The molecule has 0 aliphatic carbocycles. The van der Waals surface area contributed by atoms with Gasteiger partial charge in [0.2, 0.25) is 0 Å². The Morgan fingerprint density at radius 2 is 1.94 bits per heavy atom. The van der Waals surface area contributed by atoms with E-state index in [1.807, 2.05) is 24.3 Å². The maximum Gasteiger partial charge on any atom is 0.257 e. The van der Waals surface area contributed by atoms with E-state index in [1.54, 1.807) is 11.9 Å². The molecule has 1 atom stereocenters. The van der Waals surface area contributed by atoms with Gasteiger partial charge >= 0.3 is 0 Å². The lowest BCUT2D eigenvalue weighted by Gasteiger charge is -2.28. The van der Waals surface area contributed by atoms with Crippen LogP contribution < -0.4 is 15.8 Å². The largest absolute Gasteiger partial charge is 0.483 e. The summed E-state index contributed by atoms with van der Waals surface area (Å²) in [5.74, 6) is 0.669. The van der Waals surface area contributed by atoms with Gasteiger partial charge < -0.3 is 15.8 Å². The number of carbonyl (C=O) groups excluding carboxylic acids is 1. The van der Waals surface area contributed by atoms with Crippen molar-refractivity contribution in [2.45, 2.75) is 36.7 Å². The highest BCUT2D eigenvalue weighted by molar-refractivity contribution is 7.97. The number of carbonyl (C=O) groups is 1. The topological polar surface area (TPSA) is 70.8 Å². The summed E-state index contributed by atoms with van der Waals surface area (Å²) in [4.78, 5) is 15.7. The molecule has 0 spiro atoms. The van der Waals surface area contributed by atoms with Crippen LogP contribution in [0.1, 0.15) is 24.0 Å². The molecule has 2 aliphatic rings. The molecule has 6 nitrogen and oxygen atoms in total. The number of fused-ring (bicyclic) bond motifs is 1. The maximum absolute atomic E-state index is 12.2. The fourth-order valence-corrected chi connectivity index (χ4v) is 5.19. The van der Waals surface area contributed by atoms with Gasteiger partial charge in [-0.3, -0.25) is 9.69 Å². The average molecular weight is 441 g/mol. The molecule has 0 aromatic heterocycles. The molecule has 4 rings (SSSR count). The first-order valence-electron chi connectivity index (χ1n) is 11.1. The molecule has 0 radical (unpaired) electrons. The Morgan fingerprint density at radius 3 is 2.77 bits per heavy atom. The number of para-hydroxylation sites is 1. The van der Waals surface area contributed by atoms with Crippen LogP contribution in [0.5, 0.6) is 5.75 Å². The fraction of sp³-hybridized carbons (Fsp3) is 0.458. The second-order valence-electron chi connectivity index (χ2n) is 8.26. The monoisotopic (exact) mass is 440 g/mol. The molecule has 31 heavy (non-hydrogen) atoms. The lowest BCUT2D eigenvalue weighted by atomic mass is 10.00. The third-order valence-corrected chi connectivity index (χ3v) is 6.93. The standard InChI is InChI=1S/C24H32N4O2S/c25-21-11-15-28(17-21)31-23-9-4-3-8-22(23)30-18-24(29)26-12-5-13-27-14-10-19-6-1-2-7-20(19)16-27/h1-4,6-9,21H,5,10-18,25H2,(H,26,29). The molecule has 1 unspecified atom stereocenters. The summed E-state index contributed by atoms with van der Waals surface area (Å²) in [5, 5.41) is 2.99. The zero-order valence-corrected chi connectivity index (χ0v) is 18.8. The minimum Gasteiger partial charge on any atom is -0.483 e. The normalized spacial score (nSPS) is 19.2. The van der Waals surface area contributed by atoms with Gasteiger partial charge in [-0.15, -0.1) is 0 Å². The number of rotatable bonds is 9. The molecular formula is C24H32N4O2S. The first kappa shape index (κ1) is 22.1. The van der Waals surface area contributed by atoms with E-state index in [4.69, 9.17) is 10.5 Å². The van der Waals surface area contributed by atoms with Crippen molar-refractivity contribution in [3.8, 4) is 5.75 Å². The average Bonchev–Trinajstić information content (AvgIpc) is 3.20. The van der Waals surface area contributed by atoms with Crippen molar-refractivity contribution in [1.82, 2.24) is 14.5 Å². The van der Waals surface area contributed by atoms with E-state index in [0.29, 0.717) is 6.54 Å². The SMILES string of the molecule is NC1CCN(Sc2ccccc2OCC(=O)NCCCN2CCc3ccccc3C2)C1. The van der Waals surface area contributed by atoms with Crippen LogP contribution in [-0.2, 0) is 17.8 Å². The van der Waals surface area contributed by atoms with Crippen LogP contribution >= 0.6 is 11.9 Å². The van der Waals surface area contributed by atoms with Crippen molar-refractivity contribution in [1.29, 1.82) is 0 Å². The molecule has 7 heteroatoms. The summed E-state index contributed by atoms with van der Waals surface area (Å²) in [6, 6.07) is 16.8. The summed E-state index contributed by atoms with van der Waals surface area (Å²) in [6.45, 7) is 5.64. The van der Waals surface area contributed by atoms with Gasteiger partial charge in [0, 0.05) is 45.3 Å². The van der Waals surface area contributed by atoms with Crippen LogP contribution in [-0.4, -0.2) is 60.5 Å². The van der Waals surface area contributed by atoms with Crippen LogP contribution in [0.2, 0.25) is 0 Å². The third kappa shape index (κ3) is 6.46. The summed E-state index contributed by atoms with van der Waals surface area (Å²) >= 11 is 1.66. The fourth-order valence-electron chi connectivity index (χ4n) is 4.09. The lowest BCUT2D eigenvalue weighted by molar-refractivity contribution is -0.123. The number of ether oxygens (including phenoxy) is 1. The van der Waals surface area contributed by atoms with Gasteiger partial charge in [-0.1, -0.05) is 36.4 Å². The molecule has 1 fully saturated rings. The quantitative estimate of drug-likeness (QED) is 0.462. The molecule has 166 valence electrons. The third-order valence-electron chi connectivity index (χ3n) is 5.81. The van der Waals surface area contributed by atoms with Crippen LogP contribution in [0.15, 0.2) is 53.4 Å². The Morgan fingerprint density at radius 1 is 1.13 bits per heavy atom.